The molecule has 25 heavy (non-hydrogen) atoms. The molecule has 130 valence electrons. The third-order valence-corrected chi connectivity index (χ3v) is 5.37. The summed E-state index contributed by atoms with van der Waals surface area (Å²) in [6, 6.07) is 11.0. The van der Waals surface area contributed by atoms with Crippen molar-refractivity contribution in [3.8, 4) is 0 Å². The fraction of sp³-hybridized carbons (Fsp3) is 0.400. The predicted molar refractivity (Wildman–Crippen MR) is 99.0 cm³/mol. The van der Waals surface area contributed by atoms with Gasteiger partial charge in [0.25, 0.3) is 0 Å². The van der Waals surface area contributed by atoms with E-state index in [1.807, 2.05) is 10.9 Å². The molecule has 1 saturated carbocycles. The van der Waals surface area contributed by atoms with E-state index in [4.69, 9.17) is 0 Å². The number of amides is 1. The minimum Gasteiger partial charge on any atom is -0.352 e. The van der Waals surface area contributed by atoms with Gasteiger partial charge in [0.05, 0.1) is 6.20 Å². The number of nitrogens with one attached hydrogen (secondary N) is 1. The predicted octanol–water partition coefficient (Wildman–Crippen LogP) is 3.22. The molecule has 2 aliphatic rings. The molecule has 1 aliphatic carbocycles. The monoisotopic (exact) mass is 336 g/mol. The number of carbonyl (C=O) groups is 1. The van der Waals surface area contributed by atoms with Crippen LogP contribution in [0.2, 0.25) is 0 Å². The van der Waals surface area contributed by atoms with Gasteiger partial charge in [-0.2, -0.15) is 5.10 Å². The molecule has 0 spiro atoms. The number of benzene rings is 1. The molecule has 4 rings (SSSR count). The van der Waals surface area contributed by atoms with E-state index in [0.29, 0.717) is 12.5 Å². The Kier molecular flexibility index (Phi) is 4.30. The SMILES string of the molecule is C=CC(=O)NC[C@@H]1CN(c2ccc(C3CCC3)cc2)c2ccnn2C1. The zero-order chi connectivity index (χ0) is 17.2. The zero-order valence-electron chi connectivity index (χ0n) is 14.4. The number of carbonyl (C=O) groups excluding carboxylic acids is 1. The number of nitrogens with zero attached hydrogens (tertiary/aromatic N) is 3. The summed E-state index contributed by atoms with van der Waals surface area (Å²) in [6.07, 6.45) is 7.16. The van der Waals surface area contributed by atoms with Crippen molar-refractivity contribution in [2.24, 2.45) is 5.92 Å². The molecule has 5 heteroatoms. The summed E-state index contributed by atoms with van der Waals surface area (Å²) in [7, 11) is 0. The maximum Gasteiger partial charge on any atom is 0.243 e. The van der Waals surface area contributed by atoms with Crippen molar-refractivity contribution in [3.63, 3.8) is 0 Å². The lowest BCUT2D eigenvalue weighted by atomic mass is 9.80. The second-order valence-electron chi connectivity index (χ2n) is 7.02. The third-order valence-electron chi connectivity index (χ3n) is 5.37. The Balaban J connectivity index is 1.53. The van der Waals surface area contributed by atoms with Gasteiger partial charge >= 0.3 is 0 Å². The Morgan fingerprint density at radius 2 is 2.04 bits per heavy atom. The highest BCUT2D eigenvalue weighted by Crippen LogP contribution is 2.38. The largest absolute Gasteiger partial charge is 0.352 e. The Hall–Kier alpha value is -2.56. The highest BCUT2D eigenvalue weighted by atomic mass is 16.1. The number of aromatic nitrogens is 2. The van der Waals surface area contributed by atoms with Crippen LogP contribution in [0, 0.1) is 5.92 Å². The van der Waals surface area contributed by atoms with Crippen LogP contribution in [-0.2, 0) is 11.3 Å². The summed E-state index contributed by atoms with van der Waals surface area (Å²) in [5, 5.41) is 7.35. The number of anilines is 2. The van der Waals surface area contributed by atoms with Crippen LogP contribution in [0.5, 0.6) is 0 Å². The summed E-state index contributed by atoms with van der Waals surface area (Å²) in [5.74, 6) is 2.05. The van der Waals surface area contributed by atoms with Crippen molar-refractivity contribution >= 4 is 17.4 Å². The standard InChI is InChI=1S/C20H24N4O/c1-2-19(25)21-12-15-13-23(20-10-11-22-24(20)14-15)18-8-6-17(7-9-18)16-4-3-5-16/h2,6-11,15-16H,1,3-5,12-14H2,(H,21,25)/t15-/m1/s1. The van der Waals surface area contributed by atoms with E-state index < -0.39 is 0 Å². The zero-order valence-corrected chi connectivity index (χ0v) is 14.4. The molecule has 1 amide bonds. The first-order chi connectivity index (χ1) is 12.2. The number of hydrogen-bond donors (Lipinski definition) is 1. The van der Waals surface area contributed by atoms with E-state index in [1.54, 1.807) is 0 Å². The Morgan fingerprint density at radius 3 is 2.72 bits per heavy atom. The van der Waals surface area contributed by atoms with Gasteiger partial charge in [0.15, 0.2) is 0 Å². The van der Waals surface area contributed by atoms with E-state index in [1.165, 1.54) is 36.6 Å². The van der Waals surface area contributed by atoms with E-state index in [-0.39, 0.29) is 5.91 Å². The molecule has 2 heterocycles. The van der Waals surface area contributed by atoms with E-state index >= 15 is 0 Å². The Labute approximate surface area is 148 Å². The quantitative estimate of drug-likeness (QED) is 0.853. The highest BCUT2D eigenvalue weighted by molar-refractivity contribution is 5.86. The van der Waals surface area contributed by atoms with Gasteiger partial charge in [-0.3, -0.25) is 4.79 Å². The lowest BCUT2D eigenvalue weighted by Gasteiger charge is -2.35. The summed E-state index contributed by atoms with van der Waals surface area (Å²) < 4.78 is 2.02. The highest BCUT2D eigenvalue weighted by Gasteiger charge is 2.26. The van der Waals surface area contributed by atoms with Crippen LogP contribution in [0.4, 0.5) is 11.5 Å². The van der Waals surface area contributed by atoms with Crippen molar-refractivity contribution < 1.29 is 4.79 Å². The number of fused-ring (bicyclic) bond motifs is 1. The molecule has 0 bridgehead atoms. The average Bonchev–Trinajstić information content (AvgIpc) is 3.06. The van der Waals surface area contributed by atoms with Crippen LogP contribution in [0.3, 0.4) is 0 Å². The molecule has 1 aromatic carbocycles. The van der Waals surface area contributed by atoms with Crippen molar-refractivity contribution in [3.05, 3.63) is 54.7 Å². The summed E-state index contributed by atoms with van der Waals surface area (Å²) in [4.78, 5) is 13.8. The lowest BCUT2D eigenvalue weighted by Crippen LogP contribution is -2.41. The van der Waals surface area contributed by atoms with Gasteiger partial charge in [-0.25, -0.2) is 4.68 Å². The second-order valence-corrected chi connectivity index (χ2v) is 7.02. The van der Waals surface area contributed by atoms with E-state index in [0.717, 1.165) is 24.8 Å². The van der Waals surface area contributed by atoms with Crippen molar-refractivity contribution in [1.29, 1.82) is 0 Å². The molecule has 1 atom stereocenters. The summed E-state index contributed by atoms with van der Waals surface area (Å²) in [6.45, 7) is 5.82. The van der Waals surface area contributed by atoms with Gasteiger partial charge in [-0.05, 0) is 42.5 Å². The van der Waals surface area contributed by atoms with Gasteiger partial charge in [0, 0.05) is 37.3 Å². The van der Waals surface area contributed by atoms with Crippen molar-refractivity contribution in [2.45, 2.75) is 31.7 Å². The average molecular weight is 336 g/mol. The normalized spacial score (nSPS) is 19.8. The van der Waals surface area contributed by atoms with Gasteiger partial charge in [-0.1, -0.05) is 25.1 Å². The third kappa shape index (κ3) is 3.18. The van der Waals surface area contributed by atoms with Crippen LogP contribution in [0.15, 0.2) is 49.2 Å². The molecular formula is C20H24N4O. The first-order valence-electron chi connectivity index (χ1n) is 9.04. The number of hydrogen-bond acceptors (Lipinski definition) is 3. The molecule has 5 nitrogen and oxygen atoms in total. The van der Waals surface area contributed by atoms with Crippen molar-refractivity contribution in [2.75, 3.05) is 18.0 Å². The molecule has 1 N–H and O–H groups in total. The molecule has 1 fully saturated rings. The molecule has 0 unspecified atom stereocenters. The Bertz CT molecular complexity index is 760. The van der Waals surface area contributed by atoms with Crippen LogP contribution in [0.25, 0.3) is 0 Å². The number of rotatable bonds is 5. The van der Waals surface area contributed by atoms with Crippen LogP contribution >= 0.6 is 0 Å². The minimum atomic E-state index is -0.123. The van der Waals surface area contributed by atoms with Crippen LogP contribution < -0.4 is 10.2 Å². The molecule has 0 radical (unpaired) electrons. The molecular weight excluding hydrogens is 312 g/mol. The Morgan fingerprint density at radius 1 is 1.24 bits per heavy atom. The van der Waals surface area contributed by atoms with Gasteiger partial charge in [0.2, 0.25) is 5.91 Å². The fourth-order valence-corrected chi connectivity index (χ4v) is 3.70. The van der Waals surface area contributed by atoms with Gasteiger partial charge in [-0.15, -0.1) is 0 Å². The molecule has 2 aromatic rings. The first kappa shape index (κ1) is 15.9. The fourth-order valence-electron chi connectivity index (χ4n) is 3.70. The summed E-state index contributed by atoms with van der Waals surface area (Å²) >= 11 is 0. The maximum atomic E-state index is 11.5. The second kappa shape index (κ2) is 6.75. The van der Waals surface area contributed by atoms with Crippen molar-refractivity contribution in [1.82, 2.24) is 15.1 Å². The van der Waals surface area contributed by atoms with E-state index in [9.17, 15) is 4.79 Å². The maximum absolute atomic E-state index is 11.5. The molecule has 1 aromatic heterocycles. The molecule has 1 aliphatic heterocycles. The van der Waals surface area contributed by atoms with Crippen LogP contribution in [0.1, 0.15) is 30.7 Å². The smallest absolute Gasteiger partial charge is 0.243 e. The van der Waals surface area contributed by atoms with E-state index in [2.05, 4.69) is 52.2 Å². The topological polar surface area (TPSA) is 50.2 Å². The van der Waals surface area contributed by atoms with Gasteiger partial charge in [0.1, 0.15) is 5.82 Å². The molecule has 0 saturated heterocycles. The van der Waals surface area contributed by atoms with Gasteiger partial charge < -0.3 is 10.2 Å². The first-order valence-corrected chi connectivity index (χ1v) is 9.04. The van der Waals surface area contributed by atoms with Crippen LogP contribution in [-0.4, -0.2) is 28.8 Å². The minimum absolute atomic E-state index is 0.123. The lowest BCUT2D eigenvalue weighted by molar-refractivity contribution is -0.116. The summed E-state index contributed by atoms with van der Waals surface area (Å²) in [5.41, 5.74) is 2.64.